The molecule has 1 aliphatic heterocycles. The Morgan fingerprint density at radius 3 is 1.88 bits per heavy atom. The summed E-state index contributed by atoms with van der Waals surface area (Å²) in [4.78, 5) is 30.3. The third-order valence-corrected chi connectivity index (χ3v) is 3.65. The lowest BCUT2D eigenvalue weighted by molar-refractivity contribution is -0.140. The highest BCUT2D eigenvalue weighted by atomic mass is 16.4. The molecule has 0 aromatic carbocycles. The summed E-state index contributed by atoms with van der Waals surface area (Å²) in [7, 11) is 0. The van der Waals surface area contributed by atoms with E-state index in [1.54, 1.807) is 13.8 Å². The van der Waals surface area contributed by atoms with Gasteiger partial charge in [-0.05, 0) is 44.7 Å². The first-order valence-corrected chi connectivity index (χ1v) is 8.67. The molecule has 3 atom stereocenters. The van der Waals surface area contributed by atoms with Crippen LogP contribution in [0.1, 0.15) is 46.0 Å². The van der Waals surface area contributed by atoms with Crippen molar-refractivity contribution in [2.45, 2.75) is 64.1 Å². The van der Waals surface area contributed by atoms with Gasteiger partial charge in [-0.15, -0.1) is 0 Å². The summed E-state index contributed by atoms with van der Waals surface area (Å²) >= 11 is 0. The second-order valence-corrected chi connectivity index (χ2v) is 6.32. The summed E-state index contributed by atoms with van der Waals surface area (Å²) in [5, 5.41) is 27.8. The van der Waals surface area contributed by atoms with E-state index in [9.17, 15) is 14.4 Å². The van der Waals surface area contributed by atoms with Crippen molar-refractivity contribution in [1.29, 1.82) is 0 Å². The molecule has 0 amide bonds. The molecule has 0 unspecified atom stereocenters. The van der Waals surface area contributed by atoms with Crippen LogP contribution in [-0.2, 0) is 14.4 Å². The fourth-order valence-electron chi connectivity index (χ4n) is 1.81. The molecule has 0 bridgehead atoms. The zero-order valence-corrected chi connectivity index (χ0v) is 15.6. The SMILES string of the molecule is CC(C)[C@H](N)C(=O)O.NCCCC[C@H](N)C(=O)O.O=C(O)[C@H]1CCCN1. The molecule has 0 spiro atoms. The summed E-state index contributed by atoms with van der Waals surface area (Å²) in [6.07, 6.45) is 3.95. The van der Waals surface area contributed by atoms with Gasteiger partial charge in [0.1, 0.15) is 18.1 Å². The average Bonchev–Trinajstić information content (AvgIpc) is 3.10. The summed E-state index contributed by atoms with van der Waals surface area (Å²) in [5.41, 5.74) is 15.6. The van der Waals surface area contributed by atoms with E-state index in [0.29, 0.717) is 13.0 Å². The second-order valence-electron chi connectivity index (χ2n) is 6.32. The molecule has 1 heterocycles. The van der Waals surface area contributed by atoms with Crippen LogP contribution in [0.4, 0.5) is 0 Å². The van der Waals surface area contributed by atoms with Crippen LogP contribution in [0.2, 0.25) is 0 Å². The molecule has 10 heteroatoms. The van der Waals surface area contributed by atoms with Crippen LogP contribution >= 0.6 is 0 Å². The van der Waals surface area contributed by atoms with Crippen LogP contribution < -0.4 is 22.5 Å². The minimum absolute atomic E-state index is 0.0208. The lowest BCUT2D eigenvalue weighted by Crippen LogP contribution is -2.34. The van der Waals surface area contributed by atoms with E-state index in [2.05, 4.69) is 5.32 Å². The molecular weight excluding hydrogens is 344 g/mol. The molecule has 1 fully saturated rings. The van der Waals surface area contributed by atoms with E-state index in [1.807, 2.05) is 0 Å². The predicted octanol–water partition coefficient (Wildman–Crippen LogP) is -0.595. The van der Waals surface area contributed by atoms with Crippen LogP contribution in [-0.4, -0.2) is 64.4 Å². The van der Waals surface area contributed by atoms with E-state index in [4.69, 9.17) is 32.5 Å². The standard InChI is InChI=1S/C6H14N2O2.C5H9NO2.C5H11NO2/c7-4-2-1-3-5(8)6(9)10;7-5(8)4-2-1-3-6-4;1-3(2)4(6)5(7)8/h5H,1-4,7-8H2,(H,9,10);4,6H,1-3H2,(H,7,8);3-4H,6H2,1-2H3,(H,7,8)/t5-;2*4-/m010/s1. The number of nitrogens with two attached hydrogens (primary N) is 3. The molecule has 0 aromatic rings. The largest absolute Gasteiger partial charge is 0.480 e. The van der Waals surface area contributed by atoms with Gasteiger partial charge in [-0.25, -0.2) is 0 Å². The molecule has 0 saturated carbocycles. The summed E-state index contributed by atoms with van der Waals surface area (Å²) in [6.45, 7) is 5.01. The number of carboxylic acids is 3. The molecule has 0 radical (unpaired) electrons. The van der Waals surface area contributed by atoms with Crippen molar-refractivity contribution in [3.63, 3.8) is 0 Å². The Hall–Kier alpha value is -1.75. The van der Waals surface area contributed by atoms with Crippen LogP contribution in [0.15, 0.2) is 0 Å². The lowest BCUT2D eigenvalue weighted by Gasteiger charge is -2.07. The highest BCUT2D eigenvalue weighted by Crippen LogP contribution is 2.03. The minimum Gasteiger partial charge on any atom is -0.480 e. The van der Waals surface area contributed by atoms with Crippen molar-refractivity contribution in [2.24, 2.45) is 23.1 Å². The van der Waals surface area contributed by atoms with Gasteiger partial charge in [0.2, 0.25) is 0 Å². The number of carboxylic acid groups (broad SMARTS) is 3. The van der Waals surface area contributed by atoms with Gasteiger partial charge in [0.15, 0.2) is 0 Å². The first-order valence-electron chi connectivity index (χ1n) is 8.67. The summed E-state index contributed by atoms with van der Waals surface area (Å²) in [6, 6.07) is -1.70. The molecule has 1 aliphatic rings. The Morgan fingerprint density at radius 2 is 1.65 bits per heavy atom. The molecule has 1 saturated heterocycles. The highest BCUT2D eigenvalue weighted by molar-refractivity contribution is 5.74. The summed E-state index contributed by atoms with van der Waals surface area (Å²) in [5.74, 6) is -2.56. The van der Waals surface area contributed by atoms with E-state index < -0.39 is 30.0 Å². The van der Waals surface area contributed by atoms with Gasteiger partial charge in [-0.1, -0.05) is 20.3 Å². The number of hydrogen-bond donors (Lipinski definition) is 7. The Bertz CT molecular complexity index is 402. The Labute approximate surface area is 154 Å². The van der Waals surface area contributed by atoms with Gasteiger partial charge in [-0.2, -0.15) is 0 Å². The Balaban J connectivity index is 0. The molecule has 10 N–H and O–H groups in total. The van der Waals surface area contributed by atoms with Gasteiger partial charge in [0, 0.05) is 0 Å². The molecule has 26 heavy (non-hydrogen) atoms. The molecule has 0 aliphatic carbocycles. The van der Waals surface area contributed by atoms with Crippen molar-refractivity contribution >= 4 is 17.9 Å². The number of nitrogens with one attached hydrogen (secondary N) is 1. The zero-order valence-electron chi connectivity index (χ0n) is 15.6. The Morgan fingerprint density at radius 1 is 1.08 bits per heavy atom. The minimum atomic E-state index is -0.933. The summed E-state index contributed by atoms with van der Waals surface area (Å²) < 4.78 is 0. The van der Waals surface area contributed by atoms with Crippen molar-refractivity contribution < 1.29 is 29.7 Å². The van der Waals surface area contributed by atoms with Crippen molar-refractivity contribution in [1.82, 2.24) is 5.32 Å². The maximum Gasteiger partial charge on any atom is 0.320 e. The smallest absolute Gasteiger partial charge is 0.320 e. The fraction of sp³-hybridized carbons (Fsp3) is 0.812. The van der Waals surface area contributed by atoms with Crippen molar-refractivity contribution in [3.05, 3.63) is 0 Å². The lowest BCUT2D eigenvalue weighted by atomic mass is 10.1. The fourth-order valence-corrected chi connectivity index (χ4v) is 1.81. The van der Waals surface area contributed by atoms with Crippen LogP contribution in [0.5, 0.6) is 0 Å². The first kappa shape index (κ1) is 26.5. The van der Waals surface area contributed by atoms with Gasteiger partial charge in [0.25, 0.3) is 0 Å². The van der Waals surface area contributed by atoms with Crippen LogP contribution in [0, 0.1) is 5.92 Å². The maximum absolute atomic E-state index is 10.1. The number of hydrogen-bond acceptors (Lipinski definition) is 7. The normalized spacial score (nSPS) is 18.0. The molecule has 0 aromatic heterocycles. The maximum atomic E-state index is 10.1. The van der Waals surface area contributed by atoms with E-state index >= 15 is 0 Å². The van der Waals surface area contributed by atoms with E-state index in [1.165, 1.54) is 0 Å². The number of carbonyl (C=O) groups is 3. The predicted molar refractivity (Wildman–Crippen MR) is 97.6 cm³/mol. The third kappa shape index (κ3) is 14.6. The van der Waals surface area contributed by atoms with E-state index in [-0.39, 0.29) is 12.0 Å². The third-order valence-electron chi connectivity index (χ3n) is 3.65. The topological polar surface area (TPSA) is 202 Å². The van der Waals surface area contributed by atoms with Crippen molar-refractivity contribution in [2.75, 3.05) is 13.1 Å². The highest BCUT2D eigenvalue weighted by Gasteiger charge is 2.20. The molecule has 1 rings (SSSR count). The Kier molecular flexibility index (Phi) is 15.8. The monoisotopic (exact) mass is 378 g/mol. The quantitative estimate of drug-likeness (QED) is 0.267. The van der Waals surface area contributed by atoms with Crippen molar-refractivity contribution in [3.8, 4) is 0 Å². The number of rotatable bonds is 8. The van der Waals surface area contributed by atoms with Crippen LogP contribution in [0.25, 0.3) is 0 Å². The van der Waals surface area contributed by atoms with Gasteiger partial charge in [-0.3, -0.25) is 14.4 Å². The molecular formula is C16H34N4O6. The average molecular weight is 378 g/mol. The van der Waals surface area contributed by atoms with Crippen LogP contribution in [0.3, 0.4) is 0 Å². The number of aliphatic carboxylic acids is 3. The van der Waals surface area contributed by atoms with Gasteiger partial charge < -0.3 is 37.8 Å². The van der Waals surface area contributed by atoms with Gasteiger partial charge in [0.05, 0.1) is 0 Å². The second kappa shape index (κ2) is 15.5. The number of unbranched alkanes of at least 4 members (excludes halogenated alkanes) is 1. The van der Waals surface area contributed by atoms with E-state index in [0.717, 1.165) is 32.2 Å². The first-order chi connectivity index (χ1) is 12.0. The molecule has 154 valence electrons. The van der Waals surface area contributed by atoms with Gasteiger partial charge >= 0.3 is 17.9 Å². The zero-order chi connectivity index (χ0) is 20.7. The molecule has 10 nitrogen and oxygen atoms in total.